The second-order valence-electron chi connectivity index (χ2n) is 4.79. The summed E-state index contributed by atoms with van der Waals surface area (Å²) >= 11 is 0. The third kappa shape index (κ3) is 4.71. The molecule has 2 N–H and O–H groups in total. The molecule has 0 saturated carbocycles. The number of alkyl halides is 2. The number of hydrogen-bond acceptors (Lipinski definition) is 5. The molecule has 0 saturated heterocycles. The van der Waals surface area contributed by atoms with E-state index in [4.69, 9.17) is 4.74 Å². The van der Waals surface area contributed by atoms with Crippen LogP contribution in [-0.2, 0) is 4.74 Å². The van der Waals surface area contributed by atoms with E-state index in [1.165, 1.54) is 12.1 Å². The van der Waals surface area contributed by atoms with Gasteiger partial charge in [0.1, 0.15) is 0 Å². The first-order chi connectivity index (χ1) is 10.00. The van der Waals surface area contributed by atoms with Gasteiger partial charge in [-0.15, -0.1) is 8.78 Å². The van der Waals surface area contributed by atoms with Gasteiger partial charge in [0.2, 0.25) is 0 Å². The van der Waals surface area contributed by atoms with Crippen molar-refractivity contribution < 1.29 is 28.1 Å². The van der Waals surface area contributed by atoms with Crippen LogP contribution in [-0.4, -0.2) is 37.3 Å². The standard InChI is InChI=1S/C14H19F2NO4/c1-2-3-6-19-9-11(18)8-17-10-4-5-12-13(7-10)21-14(15,16)20-12/h4-5,7,11,17-18H,2-3,6,8-9H2,1H3. The molecule has 0 fully saturated rings. The van der Waals surface area contributed by atoms with Crippen LogP contribution in [0.4, 0.5) is 14.5 Å². The van der Waals surface area contributed by atoms with Gasteiger partial charge in [-0.05, 0) is 18.6 Å². The Morgan fingerprint density at radius 1 is 1.33 bits per heavy atom. The highest BCUT2D eigenvalue weighted by Crippen LogP contribution is 2.42. The summed E-state index contributed by atoms with van der Waals surface area (Å²) in [5, 5.41) is 12.7. The first kappa shape index (κ1) is 15.8. The van der Waals surface area contributed by atoms with E-state index in [-0.39, 0.29) is 24.7 Å². The summed E-state index contributed by atoms with van der Waals surface area (Å²) in [6, 6.07) is 4.37. The molecule has 0 bridgehead atoms. The van der Waals surface area contributed by atoms with Gasteiger partial charge >= 0.3 is 6.29 Å². The lowest BCUT2D eigenvalue weighted by molar-refractivity contribution is -0.286. The van der Waals surface area contributed by atoms with E-state index in [0.717, 1.165) is 12.8 Å². The van der Waals surface area contributed by atoms with E-state index in [2.05, 4.69) is 21.7 Å². The number of fused-ring (bicyclic) bond motifs is 1. The van der Waals surface area contributed by atoms with Crippen LogP contribution in [0, 0.1) is 0 Å². The topological polar surface area (TPSA) is 60.0 Å². The lowest BCUT2D eigenvalue weighted by Gasteiger charge is -2.13. The Kier molecular flexibility index (Phi) is 5.19. The molecule has 1 aromatic carbocycles. The number of anilines is 1. The second-order valence-corrected chi connectivity index (χ2v) is 4.79. The van der Waals surface area contributed by atoms with Gasteiger partial charge in [0.25, 0.3) is 0 Å². The van der Waals surface area contributed by atoms with Crippen molar-refractivity contribution in [2.24, 2.45) is 0 Å². The molecular weight excluding hydrogens is 284 g/mol. The normalized spacial score (nSPS) is 16.8. The van der Waals surface area contributed by atoms with Crippen molar-refractivity contribution in [3.63, 3.8) is 0 Å². The summed E-state index contributed by atoms with van der Waals surface area (Å²) in [6.45, 7) is 3.16. The smallest absolute Gasteiger partial charge is 0.395 e. The van der Waals surface area contributed by atoms with Crippen LogP contribution in [0.25, 0.3) is 0 Å². The molecule has 1 unspecified atom stereocenters. The third-order valence-electron chi connectivity index (χ3n) is 2.90. The van der Waals surface area contributed by atoms with Gasteiger partial charge in [0.05, 0.1) is 12.7 Å². The average molecular weight is 303 g/mol. The minimum atomic E-state index is -3.62. The first-order valence-electron chi connectivity index (χ1n) is 6.90. The van der Waals surface area contributed by atoms with Gasteiger partial charge in [-0.2, -0.15) is 0 Å². The lowest BCUT2D eigenvalue weighted by Crippen LogP contribution is -2.26. The molecule has 0 aliphatic carbocycles. The highest BCUT2D eigenvalue weighted by atomic mass is 19.3. The predicted octanol–water partition coefficient (Wildman–Crippen LogP) is 2.60. The zero-order valence-electron chi connectivity index (χ0n) is 11.8. The summed E-state index contributed by atoms with van der Waals surface area (Å²) < 4.78 is 39.7. The maximum Gasteiger partial charge on any atom is 0.586 e. The predicted molar refractivity (Wildman–Crippen MR) is 72.9 cm³/mol. The zero-order valence-corrected chi connectivity index (χ0v) is 11.8. The van der Waals surface area contributed by atoms with Crippen LogP contribution in [0.15, 0.2) is 18.2 Å². The summed E-state index contributed by atoms with van der Waals surface area (Å²) in [6.07, 6.45) is -2.30. The molecule has 1 aliphatic heterocycles. The van der Waals surface area contributed by atoms with Crippen molar-refractivity contribution in [1.29, 1.82) is 0 Å². The van der Waals surface area contributed by atoms with Crippen molar-refractivity contribution in [3.8, 4) is 11.5 Å². The number of rotatable bonds is 8. The SMILES string of the molecule is CCCCOCC(O)CNc1ccc2c(c1)OC(F)(F)O2. The highest BCUT2D eigenvalue weighted by Gasteiger charge is 2.43. The Bertz CT molecular complexity index is 470. The van der Waals surface area contributed by atoms with Gasteiger partial charge in [-0.25, -0.2) is 0 Å². The molecule has 0 radical (unpaired) electrons. The highest BCUT2D eigenvalue weighted by molar-refractivity contribution is 5.55. The molecular formula is C14H19F2NO4. The molecule has 1 aliphatic rings. The Morgan fingerprint density at radius 3 is 2.86 bits per heavy atom. The van der Waals surface area contributed by atoms with Crippen LogP contribution in [0.2, 0.25) is 0 Å². The van der Waals surface area contributed by atoms with Crippen LogP contribution < -0.4 is 14.8 Å². The number of hydrogen-bond donors (Lipinski definition) is 2. The third-order valence-corrected chi connectivity index (χ3v) is 2.90. The Balaban J connectivity index is 1.77. The van der Waals surface area contributed by atoms with E-state index in [0.29, 0.717) is 12.3 Å². The van der Waals surface area contributed by atoms with Crippen molar-refractivity contribution >= 4 is 5.69 Å². The van der Waals surface area contributed by atoms with Crippen molar-refractivity contribution in [1.82, 2.24) is 0 Å². The minimum Gasteiger partial charge on any atom is -0.395 e. The Hall–Kier alpha value is -1.60. The molecule has 0 spiro atoms. The van der Waals surface area contributed by atoms with Crippen LogP contribution >= 0.6 is 0 Å². The summed E-state index contributed by atoms with van der Waals surface area (Å²) in [5.74, 6) is -0.0346. The lowest BCUT2D eigenvalue weighted by atomic mass is 10.2. The quantitative estimate of drug-likeness (QED) is 0.723. The van der Waals surface area contributed by atoms with E-state index in [9.17, 15) is 13.9 Å². The molecule has 5 nitrogen and oxygen atoms in total. The number of benzene rings is 1. The molecule has 118 valence electrons. The average Bonchev–Trinajstić information content (AvgIpc) is 2.74. The van der Waals surface area contributed by atoms with Crippen molar-refractivity contribution in [2.75, 3.05) is 25.1 Å². The number of ether oxygens (including phenoxy) is 3. The minimum absolute atomic E-state index is 0.00556. The fourth-order valence-electron chi connectivity index (χ4n) is 1.82. The monoisotopic (exact) mass is 303 g/mol. The molecule has 2 rings (SSSR count). The maximum absolute atomic E-state index is 12.9. The molecule has 1 aromatic rings. The van der Waals surface area contributed by atoms with E-state index in [1.54, 1.807) is 6.07 Å². The van der Waals surface area contributed by atoms with E-state index < -0.39 is 12.4 Å². The summed E-state index contributed by atoms with van der Waals surface area (Å²) in [7, 11) is 0. The van der Waals surface area contributed by atoms with E-state index in [1.807, 2.05) is 0 Å². The molecule has 21 heavy (non-hydrogen) atoms. The van der Waals surface area contributed by atoms with Crippen LogP contribution in [0.1, 0.15) is 19.8 Å². The molecule has 0 aromatic heterocycles. The number of aliphatic hydroxyl groups excluding tert-OH is 1. The molecule has 1 heterocycles. The van der Waals surface area contributed by atoms with Gasteiger partial charge in [-0.1, -0.05) is 13.3 Å². The van der Waals surface area contributed by atoms with Gasteiger partial charge in [0, 0.05) is 24.9 Å². The summed E-state index contributed by atoms with van der Waals surface area (Å²) in [4.78, 5) is 0. The van der Waals surface area contributed by atoms with Crippen molar-refractivity contribution in [3.05, 3.63) is 18.2 Å². The molecule has 1 atom stereocenters. The van der Waals surface area contributed by atoms with Crippen LogP contribution in [0.3, 0.4) is 0 Å². The fraction of sp³-hybridized carbons (Fsp3) is 0.571. The zero-order chi connectivity index (χ0) is 15.3. The van der Waals surface area contributed by atoms with Crippen molar-refractivity contribution in [2.45, 2.75) is 32.2 Å². The van der Waals surface area contributed by atoms with Gasteiger partial charge in [-0.3, -0.25) is 0 Å². The number of nitrogens with one attached hydrogen (secondary N) is 1. The first-order valence-corrected chi connectivity index (χ1v) is 6.90. The number of unbranched alkanes of at least 4 members (excludes halogenated alkanes) is 1. The van der Waals surface area contributed by atoms with E-state index >= 15 is 0 Å². The van der Waals surface area contributed by atoms with Gasteiger partial charge in [0.15, 0.2) is 11.5 Å². The Labute approximate surface area is 121 Å². The number of halogens is 2. The summed E-state index contributed by atoms with van der Waals surface area (Å²) in [5.41, 5.74) is 0.558. The maximum atomic E-state index is 12.9. The molecule has 7 heteroatoms. The van der Waals surface area contributed by atoms with Gasteiger partial charge < -0.3 is 24.6 Å². The number of aliphatic hydroxyl groups is 1. The molecule has 0 amide bonds. The largest absolute Gasteiger partial charge is 0.586 e. The fourth-order valence-corrected chi connectivity index (χ4v) is 1.82. The second kappa shape index (κ2) is 6.91. The van der Waals surface area contributed by atoms with Crippen LogP contribution in [0.5, 0.6) is 11.5 Å². The Morgan fingerprint density at radius 2 is 2.10 bits per heavy atom.